The van der Waals surface area contributed by atoms with Crippen molar-refractivity contribution in [2.75, 3.05) is 6.54 Å². The van der Waals surface area contributed by atoms with E-state index >= 15 is 0 Å². The number of hydrogen-bond donors (Lipinski definition) is 1. The molecule has 1 aromatic rings. The van der Waals surface area contributed by atoms with E-state index < -0.39 is 0 Å². The number of nitrogens with one attached hydrogen (secondary N) is 1. The first-order valence-corrected chi connectivity index (χ1v) is 7.46. The largest absolute Gasteiger partial charge is 0.463 e. The minimum absolute atomic E-state index is 0.0746. The van der Waals surface area contributed by atoms with Gasteiger partial charge in [0.1, 0.15) is 11.5 Å². The minimum atomic E-state index is 0.0746. The molecular formula is C16H26N2O2. The van der Waals surface area contributed by atoms with Gasteiger partial charge in [0.25, 0.3) is 0 Å². The fourth-order valence-corrected chi connectivity index (χ4v) is 2.43. The molecule has 1 amide bonds. The summed E-state index contributed by atoms with van der Waals surface area (Å²) in [7, 11) is 0. The molecule has 4 heteroatoms. The lowest BCUT2D eigenvalue weighted by Crippen LogP contribution is -2.39. The zero-order valence-corrected chi connectivity index (χ0v) is 13.0. The van der Waals surface area contributed by atoms with Gasteiger partial charge in [-0.3, -0.25) is 4.79 Å². The number of carbonyl (C=O) groups excluding carboxylic acids is 1. The Morgan fingerprint density at radius 1 is 1.35 bits per heavy atom. The highest BCUT2D eigenvalue weighted by Gasteiger charge is 2.25. The van der Waals surface area contributed by atoms with Crippen LogP contribution >= 0.6 is 0 Å². The molecule has 0 saturated carbocycles. The fraction of sp³-hybridized carbons (Fsp3) is 0.688. The van der Waals surface area contributed by atoms with Gasteiger partial charge in [-0.25, -0.2) is 0 Å². The summed E-state index contributed by atoms with van der Waals surface area (Å²) in [5, 5.41) is 3.40. The van der Waals surface area contributed by atoms with Crippen molar-refractivity contribution in [3.8, 4) is 0 Å². The first kappa shape index (κ1) is 15.1. The molecule has 2 rings (SSSR count). The second-order valence-corrected chi connectivity index (χ2v) is 6.77. The van der Waals surface area contributed by atoms with E-state index in [1.165, 1.54) is 0 Å². The van der Waals surface area contributed by atoms with Crippen LogP contribution in [0.3, 0.4) is 0 Å². The highest BCUT2D eigenvalue weighted by Crippen LogP contribution is 2.20. The van der Waals surface area contributed by atoms with Crippen molar-refractivity contribution in [3.63, 3.8) is 0 Å². The standard InChI is InChI=1S/C16H26N2O2/c1-12-6-5-9-18(15(12)19)11-14-8-7-13(20-14)10-17-16(2,3)4/h7-8,12,17H,5-6,9-11H2,1-4H3. The van der Waals surface area contributed by atoms with Gasteiger partial charge in [0.15, 0.2) is 0 Å². The maximum absolute atomic E-state index is 12.1. The number of rotatable bonds is 4. The topological polar surface area (TPSA) is 45.5 Å². The quantitative estimate of drug-likeness (QED) is 0.921. The van der Waals surface area contributed by atoms with Crippen molar-refractivity contribution >= 4 is 5.91 Å². The molecule has 0 spiro atoms. The van der Waals surface area contributed by atoms with Gasteiger partial charge < -0.3 is 14.6 Å². The second-order valence-electron chi connectivity index (χ2n) is 6.77. The molecule has 1 fully saturated rings. The van der Waals surface area contributed by atoms with Crippen LogP contribution in [-0.2, 0) is 17.9 Å². The summed E-state index contributed by atoms with van der Waals surface area (Å²) in [5.74, 6) is 2.20. The number of hydrogen-bond acceptors (Lipinski definition) is 3. The zero-order valence-electron chi connectivity index (χ0n) is 13.0. The Balaban J connectivity index is 1.91. The van der Waals surface area contributed by atoms with Crippen LogP contribution in [0.4, 0.5) is 0 Å². The molecule has 1 atom stereocenters. The van der Waals surface area contributed by atoms with Crippen molar-refractivity contribution in [1.82, 2.24) is 10.2 Å². The Kier molecular flexibility index (Phi) is 4.53. The molecule has 1 aromatic heterocycles. The Hall–Kier alpha value is -1.29. The van der Waals surface area contributed by atoms with E-state index in [0.29, 0.717) is 13.1 Å². The number of furan rings is 1. The molecule has 112 valence electrons. The number of nitrogens with zero attached hydrogens (tertiary/aromatic N) is 1. The first-order valence-electron chi connectivity index (χ1n) is 7.46. The van der Waals surface area contributed by atoms with Crippen molar-refractivity contribution in [1.29, 1.82) is 0 Å². The van der Waals surface area contributed by atoms with Gasteiger partial charge in [0.2, 0.25) is 5.91 Å². The molecular weight excluding hydrogens is 252 g/mol. The van der Waals surface area contributed by atoms with Crippen LogP contribution in [0, 0.1) is 5.92 Å². The van der Waals surface area contributed by atoms with Gasteiger partial charge in [-0.2, -0.15) is 0 Å². The lowest BCUT2D eigenvalue weighted by molar-refractivity contribution is -0.138. The maximum Gasteiger partial charge on any atom is 0.225 e. The summed E-state index contributed by atoms with van der Waals surface area (Å²) in [5.41, 5.74) is 0.0746. The molecule has 1 aliphatic rings. The predicted octanol–water partition coefficient (Wildman–Crippen LogP) is 2.93. The minimum Gasteiger partial charge on any atom is -0.463 e. The molecule has 2 heterocycles. The van der Waals surface area contributed by atoms with E-state index in [1.807, 2.05) is 24.0 Å². The Morgan fingerprint density at radius 2 is 2.05 bits per heavy atom. The normalized spacial score (nSPS) is 20.5. The Bertz CT molecular complexity index is 459. The zero-order chi connectivity index (χ0) is 14.8. The molecule has 0 aliphatic carbocycles. The summed E-state index contributed by atoms with van der Waals surface area (Å²) in [6.07, 6.45) is 2.10. The fourth-order valence-electron chi connectivity index (χ4n) is 2.43. The summed E-state index contributed by atoms with van der Waals surface area (Å²) in [4.78, 5) is 14.0. The van der Waals surface area contributed by atoms with Crippen LogP contribution in [0.5, 0.6) is 0 Å². The van der Waals surface area contributed by atoms with Gasteiger partial charge >= 0.3 is 0 Å². The van der Waals surface area contributed by atoms with Crippen LogP contribution in [0.1, 0.15) is 52.1 Å². The highest BCUT2D eigenvalue weighted by molar-refractivity contribution is 5.79. The molecule has 0 radical (unpaired) electrons. The molecule has 20 heavy (non-hydrogen) atoms. The lowest BCUT2D eigenvalue weighted by Gasteiger charge is -2.29. The maximum atomic E-state index is 12.1. The van der Waals surface area contributed by atoms with Crippen molar-refractivity contribution < 1.29 is 9.21 Å². The SMILES string of the molecule is CC1CCCN(Cc2ccc(CNC(C)(C)C)o2)C1=O. The first-order chi connectivity index (χ1) is 9.35. The third-order valence-electron chi connectivity index (χ3n) is 3.66. The number of likely N-dealkylation sites (tertiary alicyclic amines) is 1. The van der Waals surface area contributed by atoms with Crippen LogP contribution < -0.4 is 5.32 Å². The summed E-state index contributed by atoms with van der Waals surface area (Å²) >= 11 is 0. The van der Waals surface area contributed by atoms with Gasteiger partial charge in [-0.1, -0.05) is 6.92 Å². The van der Waals surface area contributed by atoms with E-state index in [-0.39, 0.29) is 17.4 Å². The van der Waals surface area contributed by atoms with Crippen molar-refractivity contribution in [3.05, 3.63) is 23.7 Å². The van der Waals surface area contributed by atoms with E-state index in [2.05, 4.69) is 26.1 Å². The van der Waals surface area contributed by atoms with Crippen LogP contribution in [0.15, 0.2) is 16.5 Å². The Labute approximate surface area is 121 Å². The van der Waals surface area contributed by atoms with Crippen LogP contribution in [0.25, 0.3) is 0 Å². The third-order valence-corrected chi connectivity index (χ3v) is 3.66. The highest BCUT2D eigenvalue weighted by atomic mass is 16.3. The van der Waals surface area contributed by atoms with Crippen molar-refractivity contribution in [2.45, 2.75) is 59.2 Å². The molecule has 0 aromatic carbocycles. The average Bonchev–Trinajstić information content (AvgIpc) is 2.80. The van der Waals surface area contributed by atoms with E-state index in [0.717, 1.165) is 30.9 Å². The molecule has 1 aliphatic heterocycles. The molecule has 1 saturated heterocycles. The average molecular weight is 278 g/mol. The van der Waals surface area contributed by atoms with Crippen LogP contribution in [0.2, 0.25) is 0 Å². The number of piperidine rings is 1. The Morgan fingerprint density at radius 3 is 2.75 bits per heavy atom. The monoisotopic (exact) mass is 278 g/mol. The number of amides is 1. The smallest absolute Gasteiger partial charge is 0.225 e. The van der Waals surface area contributed by atoms with Gasteiger partial charge in [-0.15, -0.1) is 0 Å². The summed E-state index contributed by atoms with van der Waals surface area (Å²) in [6, 6.07) is 3.97. The lowest BCUT2D eigenvalue weighted by atomic mass is 9.99. The summed E-state index contributed by atoms with van der Waals surface area (Å²) in [6.45, 7) is 10.6. The van der Waals surface area contributed by atoms with E-state index in [9.17, 15) is 4.79 Å². The predicted molar refractivity (Wildman–Crippen MR) is 79.1 cm³/mol. The molecule has 0 bridgehead atoms. The van der Waals surface area contributed by atoms with Crippen molar-refractivity contribution in [2.24, 2.45) is 5.92 Å². The summed E-state index contributed by atoms with van der Waals surface area (Å²) < 4.78 is 5.81. The van der Waals surface area contributed by atoms with Crippen LogP contribution in [-0.4, -0.2) is 22.9 Å². The van der Waals surface area contributed by atoms with Gasteiger partial charge in [-0.05, 0) is 45.7 Å². The van der Waals surface area contributed by atoms with E-state index in [1.54, 1.807) is 0 Å². The van der Waals surface area contributed by atoms with Gasteiger partial charge in [0, 0.05) is 18.0 Å². The molecule has 1 unspecified atom stereocenters. The second kappa shape index (κ2) is 6.00. The van der Waals surface area contributed by atoms with E-state index in [4.69, 9.17) is 4.42 Å². The number of carbonyl (C=O) groups is 1. The molecule has 1 N–H and O–H groups in total. The third kappa shape index (κ3) is 4.10. The van der Waals surface area contributed by atoms with Gasteiger partial charge in [0.05, 0.1) is 13.1 Å². The molecule has 4 nitrogen and oxygen atoms in total.